The average Bonchev–Trinajstić information content (AvgIpc) is 2.60. The lowest BCUT2D eigenvalue weighted by atomic mass is 9.83. The molecule has 0 aliphatic carbocycles. The fraction of sp³-hybridized carbons (Fsp3) is 0.650. The van der Waals surface area contributed by atoms with Crippen LogP contribution in [-0.4, -0.2) is 48.1 Å². The van der Waals surface area contributed by atoms with E-state index in [1.54, 1.807) is 0 Å². The minimum Gasteiger partial charge on any atom is -0.445 e. The summed E-state index contributed by atoms with van der Waals surface area (Å²) in [6.45, 7) is 9.14. The molecular weight excluding hydrogens is 300 g/mol. The molecule has 2 aliphatic heterocycles. The first-order valence-corrected chi connectivity index (χ1v) is 9.23. The molecule has 0 saturated carbocycles. The highest BCUT2D eigenvalue weighted by atomic mass is 16.6. The third-order valence-electron chi connectivity index (χ3n) is 5.37. The standard InChI is InChI=1S/C20H30N2O2/c1-20(2)11-6-12-22(16-20)18-9-13-21(14-10-18)19(23)24-15-17-7-4-3-5-8-17/h3-5,7-8,18H,6,9-16H2,1-2H3. The Kier molecular flexibility index (Phi) is 5.44. The van der Waals surface area contributed by atoms with Crippen molar-refractivity contribution in [3.8, 4) is 0 Å². The first kappa shape index (κ1) is 17.3. The molecule has 0 aromatic heterocycles. The summed E-state index contributed by atoms with van der Waals surface area (Å²) in [5.74, 6) is 0. The molecule has 0 bridgehead atoms. The van der Waals surface area contributed by atoms with Crippen molar-refractivity contribution in [2.75, 3.05) is 26.2 Å². The number of carbonyl (C=O) groups is 1. The Morgan fingerprint density at radius 2 is 1.88 bits per heavy atom. The SMILES string of the molecule is CC1(C)CCCN(C2CCN(C(=O)OCc3ccccc3)CC2)C1. The number of benzene rings is 1. The number of carbonyl (C=O) groups excluding carboxylic acids is 1. The van der Waals surface area contributed by atoms with Crippen molar-refractivity contribution in [3.05, 3.63) is 35.9 Å². The predicted molar refractivity (Wildman–Crippen MR) is 95.8 cm³/mol. The Balaban J connectivity index is 1.44. The van der Waals surface area contributed by atoms with Crippen LogP contribution in [-0.2, 0) is 11.3 Å². The molecule has 2 fully saturated rings. The number of hydrogen-bond donors (Lipinski definition) is 0. The van der Waals surface area contributed by atoms with E-state index in [-0.39, 0.29) is 6.09 Å². The molecular formula is C20H30N2O2. The maximum Gasteiger partial charge on any atom is 0.410 e. The fourth-order valence-corrected chi connectivity index (χ4v) is 4.00. The van der Waals surface area contributed by atoms with Crippen LogP contribution in [0.15, 0.2) is 30.3 Å². The minimum absolute atomic E-state index is 0.170. The third kappa shape index (κ3) is 4.50. The molecule has 1 amide bonds. The van der Waals surface area contributed by atoms with E-state index in [0.717, 1.165) is 31.5 Å². The van der Waals surface area contributed by atoms with Crippen molar-refractivity contribution in [1.82, 2.24) is 9.80 Å². The van der Waals surface area contributed by atoms with E-state index in [1.807, 2.05) is 35.2 Å². The Morgan fingerprint density at radius 1 is 1.17 bits per heavy atom. The van der Waals surface area contributed by atoms with Crippen molar-refractivity contribution in [3.63, 3.8) is 0 Å². The Hall–Kier alpha value is -1.55. The minimum atomic E-state index is -0.170. The monoisotopic (exact) mass is 330 g/mol. The van der Waals surface area contributed by atoms with Crippen molar-refractivity contribution >= 4 is 6.09 Å². The lowest BCUT2D eigenvalue weighted by molar-refractivity contribution is 0.0363. The zero-order valence-corrected chi connectivity index (χ0v) is 15.0. The second kappa shape index (κ2) is 7.56. The van der Waals surface area contributed by atoms with E-state index in [1.165, 1.54) is 25.9 Å². The molecule has 132 valence electrons. The second-order valence-corrected chi connectivity index (χ2v) is 8.00. The normalized spacial score (nSPS) is 22.3. The highest BCUT2D eigenvalue weighted by molar-refractivity contribution is 5.67. The number of hydrogen-bond acceptors (Lipinski definition) is 3. The first-order valence-electron chi connectivity index (χ1n) is 9.23. The van der Waals surface area contributed by atoms with Gasteiger partial charge in [-0.05, 0) is 43.2 Å². The summed E-state index contributed by atoms with van der Waals surface area (Å²) >= 11 is 0. The highest BCUT2D eigenvalue weighted by Gasteiger charge is 2.33. The Morgan fingerprint density at radius 3 is 2.54 bits per heavy atom. The van der Waals surface area contributed by atoms with Crippen molar-refractivity contribution in [1.29, 1.82) is 0 Å². The van der Waals surface area contributed by atoms with Gasteiger partial charge in [-0.1, -0.05) is 44.2 Å². The first-order chi connectivity index (χ1) is 11.5. The van der Waals surface area contributed by atoms with E-state index in [2.05, 4.69) is 18.7 Å². The maximum atomic E-state index is 12.2. The summed E-state index contributed by atoms with van der Waals surface area (Å²) in [6.07, 6.45) is 4.59. The van der Waals surface area contributed by atoms with Gasteiger partial charge >= 0.3 is 6.09 Å². The fourth-order valence-electron chi connectivity index (χ4n) is 4.00. The molecule has 0 unspecified atom stereocenters. The largest absolute Gasteiger partial charge is 0.445 e. The molecule has 4 nitrogen and oxygen atoms in total. The van der Waals surface area contributed by atoms with Gasteiger partial charge in [-0.3, -0.25) is 4.90 Å². The molecule has 2 aliphatic rings. The lowest BCUT2D eigenvalue weighted by Crippen LogP contribution is -2.51. The molecule has 0 N–H and O–H groups in total. The summed E-state index contributed by atoms with van der Waals surface area (Å²) in [5, 5.41) is 0. The molecule has 24 heavy (non-hydrogen) atoms. The van der Waals surface area contributed by atoms with Gasteiger partial charge in [0.1, 0.15) is 6.61 Å². The number of rotatable bonds is 3. The summed E-state index contributed by atoms with van der Waals surface area (Å²) in [5.41, 5.74) is 1.47. The van der Waals surface area contributed by atoms with Crippen LogP contribution in [0.1, 0.15) is 45.1 Å². The highest BCUT2D eigenvalue weighted by Crippen LogP contribution is 2.31. The molecule has 2 heterocycles. The van der Waals surface area contributed by atoms with Crippen LogP contribution in [0.5, 0.6) is 0 Å². The predicted octanol–water partition coefficient (Wildman–Crippen LogP) is 3.91. The van der Waals surface area contributed by atoms with Gasteiger partial charge in [0.2, 0.25) is 0 Å². The van der Waals surface area contributed by atoms with Crippen molar-refractivity contribution < 1.29 is 9.53 Å². The number of amides is 1. The average molecular weight is 330 g/mol. The van der Waals surface area contributed by atoms with Gasteiger partial charge in [-0.2, -0.15) is 0 Å². The zero-order chi connectivity index (χ0) is 17.0. The summed E-state index contributed by atoms with van der Waals surface area (Å²) in [6, 6.07) is 10.5. The zero-order valence-electron chi connectivity index (χ0n) is 15.0. The molecule has 0 atom stereocenters. The van der Waals surface area contributed by atoms with Gasteiger partial charge in [0.15, 0.2) is 0 Å². The van der Waals surface area contributed by atoms with Crippen molar-refractivity contribution in [2.24, 2.45) is 5.41 Å². The van der Waals surface area contributed by atoms with Crippen LogP contribution in [0.25, 0.3) is 0 Å². The van der Waals surface area contributed by atoms with Crippen LogP contribution in [0, 0.1) is 5.41 Å². The molecule has 3 rings (SSSR count). The Labute approximate surface area is 145 Å². The lowest BCUT2D eigenvalue weighted by Gasteiger charge is -2.44. The maximum absolute atomic E-state index is 12.2. The van der Waals surface area contributed by atoms with Gasteiger partial charge in [-0.15, -0.1) is 0 Å². The van der Waals surface area contributed by atoms with Crippen LogP contribution >= 0.6 is 0 Å². The number of nitrogens with zero attached hydrogens (tertiary/aromatic N) is 2. The van der Waals surface area contributed by atoms with E-state index in [9.17, 15) is 4.79 Å². The molecule has 1 aromatic rings. The van der Waals surface area contributed by atoms with Gasteiger partial charge < -0.3 is 9.64 Å². The Bertz CT molecular complexity index is 536. The molecule has 1 aromatic carbocycles. The molecule has 4 heteroatoms. The summed E-state index contributed by atoms with van der Waals surface area (Å²) in [7, 11) is 0. The second-order valence-electron chi connectivity index (χ2n) is 8.00. The van der Waals surface area contributed by atoms with Crippen LogP contribution < -0.4 is 0 Å². The van der Waals surface area contributed by atoms with E-state index < -0.39 is 0 Å². The topological polar surface area (TPSA) is 32.8 Å². The molecule has 0 spiro atoms. The molecule has 2 saturated heterocycles. The van der Waals surface area contributed by atoms with E-state index in [0.29, 0.717) is 18.1 Å². The quantitative estimate of drug-likeness (QED) is 0.842. The van der Waals surface area contributed by atoms with Gasteiger partial charge in [0, 0.05) is 25.7 Å². The van der Waals surface area contributed by atoms with E-state index >= 15 is 0 Å². The number of piperidine rings is 2. The third-order valence-corrected chi connectivity index (χ3v) is 5.37. The molecule has 0 radical (unpaired) electrons. The van der Waals surface area contributed by atoms with Crippen LogP contribution in [0.2, 0.25) is 0 Å². The van der Waals surface area contributed by atoms with Gasteiger partial charge in [0.25, 0.3) is 0 Å². The number of likely N-dealkylation sites (tertiary alicyclic amines) is 2. The van der Waals surface area contributed by atoms with Crippen LogP contribution in [0.4, 0.5) is 4.79 Å². The smallest absolute Gasteiger partial charge is 0.410 e. The van der Waals surface area contributed by atoms with Gasteiger partial charge in [-0.25, -0.2) is 4.79 Å². The summed E-state index contributed by atoms with van der Waals surface area (Å²) in [4.78, 5) is 16.8. The van der Waals surface area contributed by atoms with Crippen LogP contribution in [0.3, 0.4) is 0 Å². The van der Waals surface area contributed by atoms with Crippen molar-refractivity contribution in [2.45, 2.75) is 52.2 Å². The van der Waals surface area contributed by atoms with Gasteiger partial charge in [0.05, 0.1) is 0 Å². The summed E-state index contributed by atoms with van der Waals surface area (Å²) < 4.78 is 5.45. The van der Waals surface area contributed by atoms with E-state index in [4.69, 9.17) is 4.74 Å². The number of ether oxygens (including phenoxy) is 1.